The van der Waals surface area contributed by atoms with Crippen LogP contribution in [0.25, 0.3) is 11.1 Å². The number of hydrogen-bond acceptors (Lipinski definition) is 2. The van der Waals surface area contributed by atoms with Crippen LogP contribution in [0, 0.1) is 5.95 Å². The van der Waals surface area contributed by atoms with Crippen molar-refractivity contribution in [1.29, 1.82) is 0 Å². The number of nitrogens with zero attached hydrogens (tertiary/aromatic N) is 1. The van der Waals surface area contributed by atoms with Gasteiger partial charge in [0.15, 0.2) is 0 Å². The minimum atomic E-state index is -3.17. The lowest BCUT2D eigenvalue weighted by atomic mass is 10.0. The molecule has 0 aliphatic heterocycles. The Bertz CT molecular complexity index is 585. The van der Waals surface area contributed by atoms with Crippen molar-refractivity contribution in [3.8, 4) is 11.1 Å². The maximum absolute atomic E-state index is 13.5. The van der Waals surface area contributed by atoms with Crippen LogP contribution in [0.3, 0.4) is 0 Å². The molecule has 0 saturated heterocycles. The van der Waals surface area contributed by atoms with Gasteiger partial charge < -0.3 is 5.73 Å². The maximum atomic E-state index is 13.5. The predicted molar refractivity (Wildman–Crippen MR) is 67.6 cm³/mol. The Morgan fingerprint density at radius 2 is 1.84 bits per heavy atom. The summed E-state index contributed by atoms with van der Waals surface area (Å²) >= 11 is 5.84. The zero-order valence-electron chi connectivity index (χ0n) is 9.71. The molecule has 6 heteroatoms. The standard InChI is InChI=1S/C13H10ClF3N2/c14-11-5-8(9-2-4-12(15)19-6-9)1-3-10(11)13(16,17)7-18/h1-6H,7,18H2. The normalized spacial score (nSPS) is 11.6. The number of pyridine rings is 1. The Hall–Kier alpha value is -1.59. The fourth-order valence-corrected chi connectivity index (χ4v) is 1.97. The summed E-state index contributed by atoms with van der Waals surface area (Å²) in [5.74, 6) is -3.78. The van der Waals surface area contributed by atoms with E-state index in [4.69, 9.17) is 17.3 Å². The van der Waals surface area contributed by atoms with Gasteiger partial charge in [-0.25, -0.2) is 4.98 Å². The van der Waals surface area contributed by atoms with Gasteiger partial charge >= 0.3 is 0 Å². The maximum Gasteiger partial charge on any atom is 0.286 e. The monoisotopic (exact) mass is 286 g/mol. The van der Waals surface area contributed by atoms with Crippen LogP contribution in [0.1, 0.15) is 5.56 Å². The molecule has 2 nitrogen and oxygen atoms in total. The van der Waals surface area contributed by atoms with E-state index in [-0.39, 0.29) is 10.6 Å². The molecule has 1 aromatic heterocycles. The van der Waals surface area contributed by atoms with E-state index in [2.05, 4.69) is 4.98 Å². The number of aromatic nitrogens is 1. The summed E-state index contributed by atoms with van der Waals surface area (Å²) in [5.41, 5.74) is 5.86. The molecule has 0 fully saturated rings. The van der Waals surface area contributed by atoms with Crippen LogP contribution < -0.4 is 5.73 Å². The van der Waals surface area contributed by atoms with E-state index in [1.165, 1.54) is 36.5 Å². The van der Waals surface area contributed by atoms with Crippen molar-refractivity contribution in [3.05, 3.63) is 53.1 Å². The van der Waals surface area contributed by atoms with Crippen LogP contribution in [0.15, 0.2) is 36.5 Å². The molecule has 19 heavy (non-hydrogen) atoms. The fraction of sp³-hybridized carbons (Fsp3) is 0.154. The van der Waals surface area contributed by atoms with Crippen molar-refractivity contribution in [2.75, 3.05) is 6.54 Å². The highest BCUT2D eigenvalue weighted by molar-refractivity contribution is 6.31. The summed E-state index contributed by atoms with van der Waals surface area (Å²) in [5, 5.41) is -0.0859. The first-order valence-electron chi connectivity index (χ1n) is 5.44. The Balaban J connectivity index is 2.41. The first-order valence-corrected chi connectivity index (χ1v) is 5.81. The molecular weight excluding hydrogens is 277 g/mol. The van der Waals surface area contributed by atoms with Gasteiger partial charge in [-0.05, 0) is 23.8 Å². The molecule has 0 amide bonds. The molecule has 0 spiro atoms. The Labute approximate surface area is 113 Å². The van der Waals surface area contributed by atoms with Crippen LogP contribution in [0.5, 0.6) is 0 Å². The summed E-state index contributed by atoms with van der Waals surface area (Å²) in [6.45, 7) is -0.815. The molecule has 2 aromatic rings. The third-order valence-electron chi connectivity index (χ3n) is 2.68. The van der Waals surface area contributed by atoms with Gasteiger partial charge in [0, 0.05) is 17.3 Å². The van der Waals surface area contributed by atoms with Gasteiger partial charge in [-0.1, -0.05) is 23.7 Å². The SMILES string of the molecule is NCC(F)(F)c1ccc(-c2ccc(F)nc2)cc1Cl. The van der Waals surface area contributed by atoms with Crippen molar-refractivity contribution in [3.63, 3.8) is 0 Å². The zero-order valence-corrected chi connectivity index (χ0v) is 10.5. The van der Waals surface area contributed by atoms with Crippen molar-refractivity contribution >= 4 is 11.6 Å². The molecule has 2 N–H and O–H groups in total. The molecule has 0 saturated carbocycles. The average molecular weight is 287 g/mol. The minimum absolute atomic E-state index is 0.0859. The molecule has 2 rings (SSSR count). The number of alkyl halides is 2. The summed E-state index contributed by atoms with van der Waals surface area (Å²) in [6, 6.07) is 6.75. The van der Waals surface area contributed by atoms with Gasteiger partial charge in [-0.15, -0.1) is 0 Å². The highest BCUT2D eigenvalue weighted by Gasteiger charge is 2.31. The number of nitrogens with two attached hydrogens (primary N) is 1. The molecule has 1 aromatic carbocycles. The lowest BCUT2D eigenvalue weighted by Gasteiger charge is -2.16. The van der Waals surface area contributed by atoms with E-state index in [1.807, 2.05) is 0 Å². The average Bonchev–Trinajstić information content (AvgIpc) is 2.39. The minimum Gasteiger partial charge on any atom is -0.325 e. The van der Waals surface area contributed by atoms with E-state index in [0.717, 1.165) is 0 Å². The van der Waals surface area contributed by atoms with Gasteiger partial charge in [-0.2, -0.15) is 13.2 Å². The van der Waals surface area contributed by atoms with E-state index in [0.29, 0.717) is 11.1 Å². The number of hydrogen-bond donors (Lipinski definition) is 1. The van der Waals surface area contributed by atoms with Gasteiger partial charge in [0.1, 0.15) is 0 Å². The lowest BCUT2D eigenvalue weighted by Crippen LogP contribution is -2.25. The van der Waals surface area contributed by atoms with E-state index in [1.54, 1.807) is 0 Å². The second kappa shape index (κ2) is 5.19. The first-order chi connectivity index (χ1) is 8.94. The topological polar surface area (TPSA) is 38.9 Å². The molecule has 100 valence electrons. The Morgan fingerprint density at radius 3 is 2.37 bits per heavy atom. The van der Waals surface area contributed by atoms with E-state index < -0.39 is 18.4 Å². The number of benzene rings is 1. The highest BCUT2D eigenvalue weighted by Crippen LogP contribution is 2.35. The second-order valence-electron chi connectivity index (χ2n) is 3.97. The molecule has 0 atom stereocenters. The van der Waals surface area contributed by atoms with Crippen molar-refractivity contribution in [2.24, 2.45) is 5.73 Å². The van der Waals surface area contributed by atoms with Crippen LogP contribution in [-0.4, -0.2) is 11.5 Å². The molecule has 0 bridgehead atoms. The lowest BCUT2D eigenvalue weighted by molar-refractivity contribution is 0.00608. The highest BCUT2D eigenvalue weighted by atomic mass is 35.5. The first kappa shape index (κ1) is 13.8. The molecule has 0 aliphatic carbocycles. The second-order valence-corrected chi connectivity index (χ2v) is 4.38. The van der Waals surface area contributed by atoms with Crippen molar-refractivity contribution in [2.45, 2.75) is 5.92 Å². The summed E-state index contributed by atoms with van der Waals surface area (Å²) in [6.07, 6.45) is 1.31. The van der Waals surface area contributed by atoms with Crippen LogP contribution >= 0.6 is 11.6 Å². The van der Waals surface area contributed by atoms with E-state index in [9.17, 15) is 13.2 Å². The summed E-state index contributed by atoms with van der Waals surface area (Å²) in [7, 11) is 0. The Morgan fingerprint density at radius 1 is 1.16 bits per heavy atom. The van der Waals surface area contributed by atoms with Crippen LogP contribution in [0.2, 0.25) is 5.02 Å². The van der Waals surface area contributed by atoms with Gasteiger partial charge in [0.2, 0.25) is 5.95 Å². The summed E-state index contributed by atoms with van der Waals surface area (Å²) in [4.78, 5) is 3.49. The molecular formula is C13H10ClF3N2. The fourth-order valence-electron chi connectivity index (χ4n) is 1.65. The summed E-state index contributed by atoms with van der Waals surface area (Å²) < 4.78 is 39.6. The third-order valence-corrected chi connectivity index (χ3v) is 2.99. The van der Waals surface area contributed by atoms with Crippen LogP contribution in [0.4, 0.5) is 13.2 Å². The van der Waals surface area contributed by atoms with Gasteiger partial charge in [0.25, 0.3) is 5.92 Å². The van der Waals surface area contributed by atoms with Crippen LogP contribution in [-0.2, 0) is 5.92 Å². The smallest absolute Gasteiger partial charge is 0.286 e. The molecule has 0 unspecified atom stereocenters. The van der Waals surface area contributed by atoms with Crippen molar-refractivity contribution < 1.29 is 13.2 Å². The molecule has 0 radical (unpaired) electrons. The number of rotatable bonds is 3. The quantitative estimate of drug-likeness (QED) is 0.876. The third kappa shape index (κ3) is 2.88. The molecule has 1 heterocycles. The largest absolute Gasteiger partial charge is 0.325 e. The van der Waals surface area contributed by atoms with Gasteiger partial charge in [-0.3, -0.25) is 0 Å². The van der Waals surface area contributed by atoms with E-state index >= 15 is 0 Å². The predicted octanol–water partition coefficient (Wildman–Crippen LogP) is 3.59. The van der Waals surface area contributed by atoms with Crippen molar-refractivity contribution in [1.82, 2.24) is 4.98 Å². The Kier molecular flexibility index (Phi) is 3.78. The zero-order chi connectivity index (χ0) is 14.0. The van der Waals surface area contributed by atoms with Gasteiger partial charge in [0.05, 0.1) is 11.6 Å². The number of halogens is 4. The molecule has 0 aliphatic rings.